The fraction of sp³-hybridized carbons (Fsp3) is 0.0625. The quantitative estimate of drug-likeness (QED) is 0.157. The molecule has 34 heavy (non-hydrogen) atoms. The first-order valence-electron chi connectivity index (χ1n) is 11.7. The van der Waals surface area contributed by atoms with Crippen LogP contribution in [0.5, 0.6) is 0 Å². The molecule has 0 aliphatic rings. The summed E-state index contributed by atoms with van der Waals surface area (Å²) in [6.45, 7) is 9.58. The zero-order chi connectivity index (χ0) is 23.1. The monoisotopic (exact) mass is 438 g/mol. The Kier molecular flexibility index (Phi) is 4.92. The van der Waals surface area contributed by atoms with Gasteiger partial charge in [0.1, 0.15) is 0 Å². The van der Waals surface area contributed by atoms with Gasteiger partial charge in [-0.05, 0) is 36.4 Å². The molecule has 2 heteroatoms. The van der Waals surface area contributed by atoms with E-state index in [1.165, 1.54) is 54.7 Å². The molecule has 2 aromatic heterocycles. The molecule has 0 N–H and O–H groups in total. The fourth-order valence-electron chi connectivity index (χ4n) is 5.42. The molecule has 2 nitrogen and oxygen atoms in total. The average Bonchev–Trinajstić information content (AvgIpc) is 2.89. The first-order chi connectivity index (χ1) is 16.8. The van der Waals surface area contributed by atoms with Gasteiger partial charge in [-0.1, -0.05) is 61.7 Å². The lowest BCUT2D eigenvalue weighted by molar-refractivity contribution is -0.634. The van der Waals surface area contributed by atoms with Crippen molar-refractivity contribution in [1.29, 1.82) is 0 Å². The molecule has 0 saturated carbocycles. The van der Waals surface area contributed by atoms with E-state index in [1.807, 2.05) is 12.2 Å². The number of pyridine rings is 2. The third-order valence-corrected chi connectivity index (χ3v) is 6.73. The molecule has 0 radical (unpaired) electrons. The van der Waals surface area contributed by atoms with E-state index in [9.17, 15) is 0 Å². The van der Waals surface area contributed by atoms with Crippen molar-refractivity contribution in [1.82, 2.24) is 0 Å². The summed E-state index contributed by atoms with van der Waals surface area (Å²) in [5.74, 6) is 0. The molecule has 0 atom stereocenters. The zero-order valence-electron chi connectivity index (χ0n) is 19.1. The van der Waals surface area contributed by atoms with Crippen LogP contribution in [0, 0.1) is 0 Å². The van der Waals surface area contributed by atoms with Gasteiger partial charge < -0.3 is 0 Å². The second-order valence-corrected chi connectivity index (χ2v) is 8.62. The molecular formula is C32H26N2+2. The minimum absolute atomic E-state index is 0.761. The van der Waals surface area contributed by atoms with Gasteiger partial charge >= 0.3 is 0 Å². The third kappa shape index (κ3) is 2.96. The van der Waals surface area contributed by atoms with E-state index in [2.05, 4.69) is 119 Å². The molecule has 0 bridgehead atoms. The highest BCUT2D eigenvalue weighted by Gasteiger charge is 2.26. The Labute approximate surface area is 199 Å². The number of nitrogens with zero attached hydrogens (tertiary/aromatic N) is 2. The number of allylic oxidation sites excluding steroid dienone is 2. The van der Waals surface area contributed by atoms with Crippen LogP contribution in [0.3, 0.4) is 0 Å². The molecule has 2 heterocycles. The molecule has 4 aromatic carbocycles. The lowest BCUT2D eigenvalue weighted by atomic mass is 9.90. The summed E-state index contributed by atoms with van der Waals surface area (Å²) in [6.07, 6.45) is 3.95. The van der Waals surface area contributed by atoms with Gasteiger partial charge in [-0.15, -0.1) is 0 Å². The third-order valence-electron chi connectivity index (χ3n) is 6.73. The van der Waals surface area contributed by atoms with Gasteiger partial charge in [0.2, 0.25) is 22.1 Å². The molecule has 0 spiro atoms. The van der Waals surface area contributed by atoms with Gasteiger partial charge in [0, 0.05) is 35.4 Å². The summed E-state index contributed by atoms with van der Waals surface area (Å²) in [5.41, 5.74) is 7.42. The standard InChI is InChI=1S/C32H26N2/c1-3-21-33-27-17-9-5-13-23(27)31(24-14-6-10-18-28(24)33)32-25-15-7-11-19-29(25)34(22-4-2)30-20-12-8-16-26(30)32/h3-20H,1-2,21-22H2/q+2. The Bertz CT molecular complexity index is 1500. The second-order valence-electron chi connectivity index (χ2n) is 8.62. The van der Waals surface area contributed by atoms with Gasteiger partial charge in [0.05, 0.1) is 21.5 Å². The average molecular weight is 439 g/mol. The number of para-hydroxylation sites is 4. The lowest BCUT2D eigenvalue weighted by Crippen LogP contribution is -2.35. The van der Waals surface area contributed by atoms with Gasteiger partial charge in [0.25, 0.3) is 0 Å². The SMILES string of the molecule is C=CC[n+]1c2ccccc2c(-c2c3ccccc3[n+](CC=C)c3ccccc23)c2ccccc21. The highest BCUT2D eigenvalue weighted by atomic mass is 15.0. The summed E-state index contributed by atoms with van der Waals surface area (Å²) in [6, 6.07) is 35.0. The van der Waals surface area contributed by atoms with Gasteiger partial charge in [-0.2, -0.15) is 9.13 Å². The molecule has 162 valence electrons. The van der Waals surface area contributed by atoms with E-state index in [-0.39, 0.29) is 0 Å². The van der Waals surface area contributed by atoms with Crippen LogP contribution in [0.1, 0.15) is 0 Å². The van der Waals surface area contributed by atoms with Crippen LogP contribution in [0.15, 0.2) is 122 Å². The predicted octanol–water partition coefficient (Wildman–Crippen LogP) is 6.91. The van der Waals surface area contributed by atoms with Gasteiger partial charge in [0.15, 0.2) is 13.1 Å². The van der Waals surface area contributed by atoms with E-state index < -0.39 is 0 Å². The van der Waals surface area contributed by atoms with Crippen molar-refractivity contribution >= 4 is 43.6 Å². The van der Waals surface area contributed by atoms with Crippen LogP contribution in [-0.2, 0) is 13.1 Å². The van der Waals surface area contributed by atoms with Crippen molar-refractivity contribution in [3.8, 4) is 11.1 Å². The first-order valence-corrected chi connectivity index (χ1v) is 11.7. The summed E-state index contributed by atoms with van der Waals surface area (Å²) in [4.78, 5) is 0. The van der Waals surface area contributed by atoms with Crippen molar-refractivity contribution in [2.24, 2.45) is 0 Å². The Morgan fingerprint density at radius 2 is 0.706 bits per heavy atom. The number of hydrogen-bond acceptors (Lipinski definition) is 0. The maximum Gasteiger partial charge on any atom is 0.213 e. The van der Waals surface area contributed by atoms with Crippen molar-refractivity contribution in [2.45, 2.75) is 13.1 Å². The van der Waals surface area contributed by atoms with Crippen LogP contribution < -0.4 is 9.13 Å². The van der Waals surface area contributed by atoms with E-state index >= 15 is 0 Å². The molecular weight excluding hydrogens is 412 g/mol. The molecule has 0 amide bonds. The number of aromatic nitrogens is 2. The topological polar surface area (TPSA) is 7.76 Å². The van der Waals surface area contributed by atoms with Crippen molar-refractivity contribution in [2.75, 3.05) is 0 Å². The largest absolute Gasteiger partial charge is 0.213 e. The fourth-order valence-corrected chi connectivity index (χ4v) is 5.42. The van der Waals surface area contributed by atoms with E-state index in [1.54, 1.807) is 0 Å². The second kappa shape index (κ2) is 8.24. The smallest absolute Gasteiger partial charge is 0.188 e. The van der Waals surface area contributed by atoms with E-state index in [0.717, 1.165) is 13.1 Å². The van der Waals surface area contributed by atoms with Crippen LogP contribution in [-0.4, -0.2) is 0 Å². The van der Waals surface area contributed by atoms with Gasteiger partial charge in [-0.25, -0.2) is 0 Å². The van der Waals surface area contributed by atoms with Crippen molar-refractivity contribution in [3.05, 3.63) is 122 Å². The number of fused-ring (bicyclic) bond motifs is 4. The van der Waals surface area contributed by atoms with Crippen LogP contribution in [0.4, 0.5) is 0 Å². The molecule has 0 aliphatic carbocycles. The summed E-state index contributed by atoms with van der Waals surface area (Å²) in [7, 11) is 0. The maximum atomic E-state index is 4.03. The summed E-state index contributed by atoms with van der Waals surface area (Å²) >= 11 is 0. The van der Waals surface area contributed by atoms with Crippen molar-refractivity contribution in [3.63, 3.8) is 0 Å². The van der Waals surface area contributed by atoms with Gasteiger partial charge in [-0.3, -0.25) is 0 Å². The van der Waals surface area contributed by atoms with Crippen LogP contribution in [0.2, 0.25) is 0 Å². The first kappa shape index (κ1) is 20.3. The van der Waals surface area contributed by atoms with E-state index in [0.29, 0.717) is 0 Å². The Morgan fingerprint density at radius 3 is 0.971 bits per heavy atom. The molecule has 0 fully saturated rings. The minimum Gasteiger partial charge on any atom is -0.188 e. The maximum absolute atomic E-state index is 4.03. The highest BCUT2D eigenvalue weighted by molar-refractivity contribution is 6.18. The molecule has 0 unspecified atom stereocenters. The summed E-state index contributed by atoms with van der Waals surface area (Å²) in [5, 5.41) is 5.00. The Balaban J connectivity index is 1.92. The summed E-state index contributed by atoms with van der Waals surface area (Å²) < 4.78 is 4.73. The minimum atomic E-state index is 0.761. The molecule has 6 rings (SSSR count). The number of hydrogen-bond donors (Lipinski definition) is 0. The predicted molar refractivity (Wildman–Crippen MR) is 143 cm³/mol. The molecule has 0 aliphatic heterocycles. The molecule has 6 aromatic rings. The van der Waals surface area contributed by atoms with E-state index in [4.69, 9.17) is 0 Å². The zero-order valence-corrected chi connectivity index (χ0v) is 19.1. The Hall–Kier alpha value is -4.30. The van der Waals surface area contributed by atoms with Crippen LogP contribution >= 0.6 is 0 Å². The number of rotatable bonds is 5. The number of benzene rings is 4. The Morgan fingerprint density at radius 1 is 0.441 bits per heavy atom. The van der Waals surface area contributed by atoms with Crippen molar-refractivity contribution < 1.29 is 9.13 Å². The molecule has 0 saturated heterocycles. The van der Waals surface area contributed by atoms with Crippen LogP contribution in [0.25, 0.3) is 54.7 Å². The normalized spacial score (nSPS) is 11.4. The lowest BCUT2D eigenvalue weighted by Gasteiger charge is -2.16. The highest BCUT2D eigenvalue weighted by Crippen LogP contribution is 2.41.